The predicted molar refractivity (Wildman–Crippen MR) is 42.1 cm³/mol. The van der Waals surface area contributed by atoms with Crippen molar-refractivity contribution >= 4 is 40.7 Å². The van der Waals surface area contributed by atoms with Crippen LogP contribution in [0.4, 0.5) is 0 Å². The highest BCUT2D eigenvalue weighted by Gasteiger charge is 2.30. The number of primary amides is 1. The minimum atomic E-state index is -1.62. The molecule has 1 atom stereocenters. The number of carbonyl (C=O) groups excluding carboxylic acids is 1. The standard InChI is InChI=1S/C4H7Cl3N2O/c5-4(6,7)2(8)1-3(9)10/h2H,1,8H2,(H2,9,10). The summed E-state index contributed by atoms with van der Waals surface area (Å²) < 4.78 is -1.62. The summed E-state index contributed by atoms with van der Waals surface area (Å²) in [7, 11) is 0. The molecule has 0 bridgehead atoms. The van der Waals surface area contributed by atoms with Gasteiger partial charge in [0.25, 0.3) is 0 Å². The van der Waals surface area contributed by atoms with Gasteiger partial charge in [-0.2, -0.15) is 0 Å². The summed E-state index contributed by atoms with van der Waals surface area (Å²) in [6, 6.07) is -0.838. The van der Waals surface area contributed by atoms with Gasteiger partial charge in [0.2, 0.25) is 9.70 Å². The van der Waals surface area contributed by atoms with Crippen molar-refractivity contribution in [1.82, 2.24) is 0 Å². The van der Waals surface area contributed by atoms with Crippen LogP contribution in [0.1, 0.15) is 6.42 Å². The van der Waals surface area contributed by atoms with Crippen LogP contribution in [-0.4, -0.2) is 15.7 Å². The molecule has 0 aliphatic carbocycles. The summed E-state index contributed by atoms with van der Waals surface area (Å²) in [6.07, 6.45) is -0.128. The lowest BCUT2D eigenvalue weighted by Crippen LogP contribution is -2.38. The Kier molecular flexibility index (Phi) is 3.73. The second kappa shape index (κ2) is 3.62. The van der Waals surface area contributed by atoms with E-state index in [0.717, 1.165) is 0 Å². The summed E-state index contributed by atoms with van der Waals surface area (Å²) in [6.45, 7) is 0. The van der Waals surface area contributed by atoms with Crippen molar-refractivity contribution < 1.29 is 4.79 Å². The minimum Gasteiger partial charge on any atom is -0.370 e. The molecule has 3 nitrogen and oxygen atoms in total. The van der Waals surface area contributed by atoms with E-state index in [4.69, 9.17) is 46.3 Å². The van der Waals surface area contributed by atoms with Gasteiger partial charge < -0.3 is 11.5 Å². The predicted octanol–water partition coefficient (Wildman–Crippen LogP) is 0.559. The maximum absolute atomic E-state index is 10.2. The largest absolute Gasteiger partial charge is 0.370 e. The molecule has 0 aliphatic rings. The van der Waals surface area contributed by atoms with E-state index < -0.39 is 15.7 Å². The van der Waals surface area contributed by atoms with Gasteiger partial charge in [0.1, 0.15) is 0 Å². The zero-order valence-corrected chi connectivity index (χ0v) is 7.25. The lowest BCUT2D eigenvalue weighted by molar-refractivity contribution is -0.118. The van der Waals surface area contributed by atoms with Gasteiger partial charge in [0.05, 0.1) is 6.04 Å². The first-order valence-corrected chi connectivity index (χ1v) is 3.58. The lowest BCUT2D eigenvalue weighted by atomic mass is 10.2. The Morgan fingerprint density at radius 2 is 1.90 bits per heavy atom. The molecular formula is C4H7Cl3N2O. The van der Waals surface area contributed by atoms with Gasteiger partial charge in [-0.1, -0.05) is 34.8 Å². The Hall–Kier alpha value is 0.300. The van der Waals surface area contributed by atoms with Crippen LogP contribution in [-0.2, 0) is 4.79 Å². The Morgan fingerprint density at radius 1 is 1.50 bits per heavy atom. The van der Waals surface area contributed by atoms with Crippen LogP contribution in [0.15, 0.2) is 0 Å². The van der Waals surface area contributed by atoms with E-state index in [-0.39, 0.29) is 6.42 Å². The van der Waals surface area contributed by atoms with E-state index in [0.29, 0.717) is 0 Å². The second-order valence-corrected chi connectivity index (χ2v) is 4.19. The van der Waals surface area contributed by atoms with Crippen molar-refractivity contribution in [1.29, 1.82) is 0 Å². The monoisotopic (exact) mass is 204 g/mol. The third-order valence-corrected chi connectivity index (χ3v) is 1.68. The molecule has 4 N–H and O–H groups in total. The smallest absolute Gasteiger partial charge is 0.219 e. The molecule has 10 heavy (non-hydrogen) atoms. The molecule has 60 valence electrons. The van der Waals surface area contributed by atoms with E-state index in [1.807, 2.05) is 0 Å². The first-order chi connectivity index (χ1) is 4.34. The fourth-order valence-electron chi connectivity index (χ4n) is 0.332. The molecule has 0 heterocycles. The summed E-state index contributed by atoms with van der Waals surface area (Å²) >= 11 is 16.0. The van der Waals surface area contributed by atoms with Gasteiger partial charge in [-0.15, -0.1) is 0 Å². The molecule has 1 amide bonds. The topological polar surface area (TPSA) is 69.1 Å². The van der Waals surface area contributed by atoms with Crippen LogP contribution in [0.25, 0.3) is 0 Å². The van der Waals surface area contributed by atoms with Crippen LogP contribution in [0.5, 0.6) is 0 Å². The van der Waals surface area contributed by atoms with Crippen molar-refractivity contribution in [3.63, 3.8) is 0 Å². The van der Waals surface area contributed by atoms with Crippen molar-refractivity contribution in [2.75, 3.05) is 0 Å². The molecule has 6 heteroatoms. The van der Waals surface area contributed by atoms with Gasteiger partial charge >= 0.3 is 0 Å². The molecule has 0 rings (SSSR count). The Balaban J connectivity index is 3.85. The van der Waals surface area contributed by atoms with E-state index in [1.54, 1.807) is 0 Å². The van der Waals surface area contributed by atoms with E-state index in [2.05, 4.69) is 0 Å². The number of alkyl halides is 3. The fourth-order valence-corrected chi connectivity index (χ4v) is 0.564. The van der Waals surface area contributed by atoms with Crippen molar-refractivity contribution in [3.05, 3.63) is 0 Å². The van der Waals surface area contributed by atoms with Crippen LogP contribution >= 0.6 is 34.8 Å². The number of carbonyl (C=O) groups is 1. The first-order valence-electron chi connectivity index (χ1n) is 2.44. The van der Waals surface area contributed by atoms with Crippen molar-refractivity contribution in [2.24, 2.45) is 11.5 Å². The van der Waals surface area contributed by atoms with Gasteiger partial charge in [0, 0.05) is 6.42 Å². The zero-order chi connectivity index (χ0) is 8.36. The van der Waals surface area contributed by atoms with Gasteiger partial charge in [-0.25, -0.2) is 0 Å². The molecule has 0 aliphatic heterocycles. The summed E-state index contributed by atoms with van der Waals surface area (Å²) in [5, 5.41) is 0. The lowest BCUT2D eigenvalue weighted by Gasteiger charge is -2.17. The molecule has 0 aromatic rings. The highest BCUT2D eigenvalue weighted by atomic mass is 35.6. The second-order valence-electron chi connectivity index (χ2n) is 1.82. The zero-order valence-electron chi connectivity index (χ0n) is 4.98. The Labute approximate surface area is 73.6 Å². The van der Waals surface area contributed by atoms with E-state index in [1.165, 1.54) is 0 Å². The number of hydrogen-bond donors (Lipinski definition) is 2. The highest BCUT2D eigenvalue weighted by Crippen LogP contribution is 2.30. The molecule has 0 radical (unpaired) electrons. The van der Waals surface area contributed by atoms with Crippen LogP contribution < -0.4 is 11.5 Å². The van der Waals surface area contributed by atoms with Crippen molar-refractivity contribution in [2.45, 2.75) is 16.3 Å². The third-order valence-electron chi connectivity index (χ3n) is 0.842. The SMILES string of the molecule is NC(=O)CC(N)C(Cl)(Cl)Cl. The molecule has 0 fully saturated rings. The Bertz CT molecular complexity index is 133. The maximum Gasteiger partial charge on any atom is 0.219 e. The summed E-state index contributed by atoms with van der Waals surface area (Å²) in [5.41, 5.74) is 10.1. The summed E-state index contributed by atoms with van der Waals surface area (Å²) in [4.78, 5) is 10.2. The number of rotatable bonds is 2. The van der Waals surface area contributed by atoms with E-state index in [9.17, 15) is 4.79 Å². The van der Waals surface area contributed by atoms with Crippen LogP contribution in [0.3, 0.4) is 0 Å². The van der Waals surface area contributed by atoms with Gasteiger partial charge in [-0.05, 0) is 0 Å². The molecular weight excluding hydrogens is 198 g/mol. The average Bonchev–Trinajstić information content (AvgIpc) is 1.60. The first kappa shape index (κ1) is 10.3. The molecule has 0 spiro atoms. The summed E-state index contributed by atoms with van der Waals surface area (Å²) in [5.74, 6) is -0.584. The minimum absolute atomic E-state index is 0.128. The highest BCUT2D eigenvalue weighted by molar-refractivity contribution is 6.68. The quantitative estimate of drug-likeness (QED) is 0.647. The third kappa shape index (κ3) is 4.17. The van der Waals surface area contributed by atoms with Crippen LogP contribution in [0, 0.1) is 0 Å². The van der Waals surface area contributed by atoms with Gasteiger partial charge in [-0.3, -0.25) is 4.79 Å². The fraction of sp³-hybridized carbons (Fsp3) is 0.750. The van der Waals surface area contributed by atoms with Gasteiger partial charge in [0.15, 0.2) is 0 Å². The normalized spacial score (nSPS) is 14.8. The molecule has 1 unspecified atom stereocenters. The van der Waals surface area contributed by atoms with E-state index >= 15 is 0 Å². The number of amides is 1. The van der Waals surface area contributed by atoms with Crippen molar-refractivity contribution in [3.8, 4) is 0 Å². The van der Waals surface area contributed by atoms with Crippen LogP contribution in [0.2, 0.25) is 0 Å². The Morgan fingerprint density at radius 3 is 2.00 bits per heavy atom. The molecule has 0 aromatic heterocycles. The number of halogens is 3. The average molecular weight is 205 g/mol. The molecule has 0 saturated heterocycles. The number of hydrogen-bond acceptors (Lipinski definition) is 2. The molecule has 0 aromatic carbocycles. The number of nitrogens with two attached hydrogens (primary N) is 2. The maximum atomic E-state index is 10.2. The molecule has 0 saturated carbocycles.